The highest BCUT2D eigenvalue weighted by atomic mass is 35.5. The smallest absolute Gasteiger partial charge is 0.118 e. The molecule has 0 heterocycles. The number of thioether (sulfide) groups is 1. The van der Waals surface area contributed by atoms with E-state index in [2.05, 4.69) is 0 Å². The number of aromatic hydroxyl groups is 1. The number of halogens is 1. The molecular formula is C15H15ClO2S. The predicted octanol–water partition coefficient (Wildman–Crippen LogP) is 4.18. The van der Waals surface area contributed by atoms with Crippen molar-refractivity contribution < 1.29 is 10.2 Å². The van der Waals surface area contributed by atoms with Crippen molar-refractivity contribution in [2.45, 2.75) is 17.9 Å². The van der Waals surface area contributed by atoms with Gasteiger partial charge in [-0.05, 0) is 36.2 Å². The fourth-order valence-corrected chi connectivity index (χ4v) is 2.87. The molecule has 0 aliphatic carbocycles. The Kier molecular flexibility index (Phi) is 4.75. The highest BCUT2D eigenvalue weighted by molar-refractivity contribution is 7.99. The lowest BCUT2D eigenvalue weighted by Gasteiger charge is -2.12. The van der Waals surface area contributed by atoms with Crippen molar-refractivity contribution >= 4 is 23.4 Å². The van der Waals surface area contributed by atoms with E-state index in [1.54, 1.807) is 12.1 Å². The molecule has 0 radical (unpaired) electrons. The Hall–Kier alpha value is -1.16. The maximum atomic E-state index is 10.1. The number of aryl methyl sites for hydroxylation is 1. The Labute approximate surface area is 122 Å². The van der Waals surface area contributed by atoms with Crippen LogP contribution in [0.4, 0.5) is 0 Å². The second-order valence-corrected chi connectivity index (χ2v) is 5.77. The van der Waals surface area contributed by atoms with Gasteiger partial charge in [-0.25, -0.2) is 0 Å². The summed E-state index contributed by atoms with van der Waals surface area (Å²) in [5.74, 6) is 0.700. The molecule has 1 atom stereocenters. The van der Waals surface area contributed by atoms with E-state index in [1.807, 2.05) is 37.3 Å². The van der Waals surface area contributed by atoms with Crippen LogP contribution >= 0.6 is 23.4 Å². The fourth-order valence-electron chi connectivity index (χ4n) is 1.66. The van der Waals surface area contributed by atoms with Gasteiger partial charge in [-0.2, -0.15) is 0 Å². The van der Waals surface area contributed by atoms with Crippen molar-refractivity contribution in [3.05, 3.63) is 58.6 Å². The molecule has 19 heavy (non-hydrogen) atoms. The van der Waals surface area contributed by atoms with Gasteiger partial charge in [-0.15, -0.1) is 11.8 Å². The van der Waals surface area contributed by atoms with Crippen molar-refractivity contribution in [2.24, 2.45) is 0 Å². The van der Waals surface area contributed by atoms with E-state index in [4.69, 9.17) is 11.6 Å². The van der Waals surface area contributed by atoms with E-state index in [1.165, 1.54) is 11.8 Å². The van der Waals surface area contributed by atoms with Gasteiger partial charge in [-0.3, -0.25) is 0 Å². The van der Waals surface area contributed by atoms with Gasteiger partial charge in [0.2, 0.25) is 0 Å². The highest BCUT2D eigenvalue weighted by Gasteiger charge is 2.11. The quantitative estimate of drug-likeness (QED) is 0.831. The summed E-state index contributed by atoms with van der Waals surface area (Å²) in [6.45, 7) is 1.82. The summed E-state index contributed by atoms with van der Waals surface area (Å²) < 4.78 is 0. The van der Waals surface area contributed by atoms with Crippen molar-refractivity contribution in [2.75, 3.05) is 5.75 Å². The average molecular weight is 295 g/mol. The lowest BCUT2D eigenvalue weighted by atomic mass is 10.1. The average Bonchev–Trinajstić information content (AvgIpc) is 2.40. The van der Waals surface area contributed by atoms with Crippen LogP contribution in [0.3, 0.4) is 0 Å². The third-order valence-corrected chi connectivity index (χ3v) is 4.44. The number of hydrogen-bond acceptors (Lipinski definition) is 3. The molecule has 2 aromatic rings. The number of phenols is 1. The first kappa shape index (κ1) is 14.3. The minimum atomic E-state index is -0.632. The van der Waals surface area contributed by atoms with E-state index in [9.17, 15) is 10.2 Å². The largest absolute Gasteiger partial charge is 0.508 e. The fraction of sp³-hybridized carbons (Fsp3) is 0.200. The van der Waals surface area contributed by atoms with Crippen LogP contribution in [0.5, 0.6) is 5.75 Å². The first-order chi connectivity index (χ1) is 9.08. The summed E-state index contributed by atoms with van der Waals surface area (Å²) in [4.78, 5) is 0.944. The number of rotatable bonds is 4. The zero-order valence-corrected chi connectivity index (χ0v) is 12.1. The van der Waals surface area contributed by atoms with E-state index in [-0.39, 0.29) is 5.75 Å². The number of aliphatic hydroxyl groups excluding tert-OH is 1. The van der Waals surface area contributed by atoms with Crippen LogP contribution in [0.2, 0.25) is 5.02 Å². The molecule has 0 fully saturated rings. The highest BCUT2D eigenvalue weighted by Crippen LogP contribution is 2.31. The standard InChI is InChI=1S/C15H15ClO2S/c1-10-6-7-11(8-13(10)17)14(18)9-19-15-5-3-2-4-12(15)16/h2-8,14,17-18H,9H2,1H3. The van der Waals surface area contributed by atoms with E-state index in [0.717, 1.165) is 10.5 Å². The van der Waals surface area contributed by atoms with Gasteiger partial charge in [0.25, 0.3) is 0 Å². The number of benzene rings is 2. The molecule has 0 saturated heterocycles. The first-order valence-electron chi connectivity index (χ1n) is 5.93. The monoisotopic (exact) mass is 294 g/mol. The van der Waals surface area contributed by atoms with Crippen LogP contribution in [0.15, 0.2) is 47.4 Å². The van der Waals surface area contributed by atoms with Gasteiger partial charge in [0.15, 0.2) is 0 Å². The molecule has 0 bridgehead atoms. The molecule has 0 aliphatic heterocycles. The Morgan fingerprint density at radius 2 is 1.95 bits per heavy atom. The molecule has 0 aromatic heterocycles. The molecule has 4 heteroatoms. The molecular weight excluding hydrogens is 280 g/mol. The zero-order chi connectivity index (χ0) is 13.8. The van der Waals surface area contributed by atoms with Crippen LogP contribution in [-0.2, 0) is 0 Å². The molecule has 1 unspecified atom stereocenters. The van der Waals surface area contributed by atoms with Gasteiger partial charge < -0.3 is 10.2 Å². The topological polar surface area (TPSA) is 40.5 Å². The maximum absolute atomic E-state index is 10.1. The minimum absolute atomic E-state index is 0.208. The van der Waals surface area contributed by atoms with Crippen LogP contribution in [0, 0.1) is 6.92 Å². The lowest BCUT2D eigenvalue weighted by molar-refractivity contribution is 0.203. The molecule has 2 aromatic carbocycles. The number of phenolic OH excluding ortho intramolecular Hbond substituents is 1. The van der Waals surface area contributed by atoms with Gasteiger partial charge in [0.05, 0.1) is 11.1 Å². The van der Waals surface area contributed by atoms with E-state index >= 15 is 0 Å². The molecule has 0 saturated carbocycles. The third-order valence-electron chi connectivity index (χ3n) is 2.85. The Morgan fingerprint density at radius 3 is 2.63 bits per heavy atom. The van der Waals surface area contributed by atoms with Crippen molar-refractivity contribution in [1.29, 1.82) is 0 Å². The molecule has 2 rings (SSSR count). The third kappa shape index (κ3) is 3.66. The number of aliphatic hydroxyl groups is 1. The van der Waals surface area contributed by atoms with Crippen LogP contribution in [0.1, 0.15) is 17.2 Å². The minimum Gasteiger partial charge on any atom is -0.508 e. The summed E-state index contributed by atoms with van der Waals surface area (Å²) in [7, 11) is 0. The van der Waals surface area contributed by atoms with Gasteiger partial charge in [-0.1, -0.05) is 35.9 Å². The molecule has 0 amide bonds. The summed E-state index contributed by atoms with van der Waals surface area (Å²) in [5, 5.41) is 20.4. The Balaban J connectivity index is 2.03. The van der Waals surface area contributed by atoms with Gasteiger partial charge in [0.1, 0.15) is 5.75 Å². The second-order valence-electron chi connectivity index (χ2n) is 4.30. The summed E-state index contributed by atoms with van der Waals surface area (Å²) in [6, 6.07) is 12.8. The van der Waals surface area contributed by atoms with Crippen molar-refractivity contribution in [3.8, 4) is 5.75 Å². The van der Waals surface area contributed by atoms with Crippen LogP contribution in [0.25, 0.3) is 0 Å². The summed E-state index contributed by atoms with van der Waals surface area (Å²) >= 11 is 7.55. The van der Waals surface area contributed by atoms with E-state index in [0.29, 0.717) is 16.3 Å². The Morgan fingerprint density at radius 1 is 1.21 bits per heavy atom. The van der Waals surface area contributed by atoms with Crippen molar-refractivity contribution in [1.82, 2.24) is 0 Å². The maximum Gasteiger partial charge on any atom is 0.118 e. The molecule has 2 N–H and O–H groups in total. The Bertz CT molecular complexity index is 572. The molecule has 2 nitrogen and oxygen atoms in total. The molecule has 100 valence electrons. The summed E-state index contributed by atoms with van der Waals surface area (Å²) in [5.41, 5.74) is 1.51. The van der Waals surface area contributed by atoms with Crippen molar-refractivity contribution in [3.63, 3.8) is 0 Å². The molecule has 0 spiro atoms. The second kappa shape index (κ2) is 6.33. The van der Waals surface area contributed by atoms with Gasteiger partial charge in [0, 0.05) is 10.6 Å². The SMILES string of the molecule is Cc1ccc(C(O)CSc2ccccc2Cl)cc1O. The first-order valence-corrected chi connectivity index (χ1v) is 7.29. The summed E-state index contributed by atoms with van der Waals surface area (Å²) in [6.07, 6.45) is -0.632. The normalized spacial score (nSPS) is 12.4. The predicted molar refractivity (Wildman–Crippen MR) is 80.0 cm³/mol. The van der Waals surface area contributed by atoms with Crippen LogP contribution in [-0.4, -0.2) is 16.0 Å². The van der Waals surface area contributed by atoms with Crippen LogP contribution < -0.4 is 0 Å². The molecule has 0 aliphatic rings. The van der Waals surface area contributed by atoms with Gasteiger partial charge >= 0.3 is 0 Å². The zero-order valence-electron chi connectivity index (χ0n) is 10.5. The lowest BCUT2D eigenvalue weighted by Crippen LogP contribution is -2.00. The number of hydrogen-bond donors (Lipinski definition) is 2. The van der Waals surface area contributed by atoms with E-state index < -0.39 is 6.10 Å².